The highest BCUT2D eigenvalue weighted by Crippen LogP contribution is 2.34. The average Bonchev–Trinajstić information content (AvgIpc) is 3.07. The molecule has 142 valence electrons. The van der Waals surface area contributed by atoms with Crippen molar-refractivity contribution in [2.24, 2.45) is 11.7 Å². The summed E-state index contributed by atoms with van der Waals surface area (Å²) in [5.41, 5.74) is 7.06. The normalized spacial score (nSPS) is 21.9. The Kier molecular flexibility index (Phi) is 7.80. The van der Waals surface area contributed by atoms with Crippen LogP contribution in [0, 0.1) is 5.92 Å². The van der Waals surface area contributed by atoms with Gasteiger partial charge in [0.1, 0.15) is 0 Å². The fraction of sp³-hybridized carbons (Fsp3) is 0.647. The van der Waals surface area contributed by atoms with Crippen molar-refractivity contribution in [2.75, 3.05) is 60.2 Å². The van der Waals surface area contributed by atoms with Gasteiger partial charge in [0.25, 0.3) is 10.2 Å². The van der Waals surface area contributed by atoms with Crippen molar-refractivity contribution in [3.63, 3.8) is 0 Å². The first kappa shape index (κ1) is 20.3. The minimum Gasteiger partial charge on any atom is -0.383 e. The van der Waals surface area contributed by atoms with Gasteiger partial charge in [-0.15, -0.1) is 0 Å². The van der Waals surface area contributed by atoms with E-state index in [1.54, 1.807) is 18.5 Å². The summed E-state index contributed by atoms with van der Waals surface area (Å²) in [5.74, 6) is 0.233. The van der Waals surface area contributed by atoms with Gasteiger partial charge in [0.15, 0.2) is 0 Å². The Labute approximate surface area is 150 Å². The van der Waals surface area contributed by atoms with Gasteiger partial charge in [-0.25, -0.2) is 0 Å². The minimum absolute atomic E-state index is 0.115. The average molecular weight is 372 g/mol. The lowest BCUT2D eigenvalue weighted by Crippen LogP contribution is -2.45. The molecule has 8 heteroatoms. The van der Waals surface area contributed by atoms with Crippen LogP contribution < -0.4 is 5.73 Å². The van der Waals surface area contributed by atoms with Crippen LogP contribution in [0.3, 0.4) is 0 Å². The van der Waals surface area contributed by atoms with Crippen molar-refractivity contribution in [3.8, 4) is 0 Å². The first-order valence-corrected chi connectivity index (χ1v) is 9.92. The van der Waals surface area contributed by atoms with Gasteiger partial charge in [0.05, 0.1) is 13.2 Å². The van der Waals surface area contributed by atoms with Crippen LogP contribution in [-0.4, -0.2) is 77.2 Å². The van der Waals surface area contributed by atoms with E-state index < -0.39 is 10.2 Å². The summed E-state index contributed by atoms with van der Waals surface area (Å²) in [6, 6.07) is 9.99. The van der Waals surface area contributed by atoms with E-state index in [1.165, 1.54) is 4.31 Å². The number of methoxy groups -OCH3 is 2. The molecular formula is C17H29N3O4S. The highest BCUT2D eigenvalue weighted by Gasteiger charge is 2.40. The van der Waals surface area contributed by atoms with Gasteiger partial charge in [0, 0.05) is 46.3 Å². The maximum absolute atomic E-state index is 13.1. The Morgan fingerprint density at radius 2 is 1.72 bits per heavy atom. The van der Waals surface area contributed by atoms with Crippen molar-refractivity contribution in [2.45, 2.75) is 5.92 Å². The molecule has 2 N–H and O–H groups in total. The van der Waals surface area contributed by atoms with Crippen molar-refractivity contribution in [1.82, 2.24) is 8.61 Å². The zero-order chi connectivity index (χ0) is 18.3. The number of hydrogen-bond acceptors (Lipinski definition) is 5. The first-order chi connectivity index (χ1) is 12.0. The molecule has 0 aromatic heterocycles. The standard InChI is InChI=1S/C17H29N3O4S/c1-23-10-8-19(9-11-24-2)25(21,22)20-13-16(12-18)17(14-20)15-6-4-3-5-7-15/h3-7,16-17H,8-14,18H2,1-2H3/t16-,17+/m1/s1. The number of benzene rings is 1. The van der Waals surface area contributed by atoms with Gasteiger partial charge in [-0.1, -0.05) is 30.3 Å². The summed E-state index contributed by atoms with van der Waals surface area (Å²) < 4.78 is 39.3. The van der Waals surface area contributed by atoms with Crippen LogP contribution in [0.1, 0.15) is 11.5 Å². The third-order valence-corrected chi connectivity index (χ3v) is 6.65. The summed E-state index contributed by atoms with van der Waals surface area (Å²) in [6.45, 7) is 2.66. The van der Waals surface area contributed by atoms with Crippen LogP contribution >= 0.6 is 0 Å². The fourth-order valence-electron chi connectivity index (χ4n) is 3.23. The molecule has 1 heterocycles. The Balaban J connectivity index is 2.17. The lowest BCUT2D eigenvalue weighted by molar-refractivity contribution is 0.147. The van der Waals surface area contributed by atoms with E-state index in [1.807, 2.05) is 30.3 Å². The molecule has 1 aromatic carbocycles. The molecule has 1 aliphatic heterocycles. The van der Waals surface area contributed by atoms with Gasteiger partial charge >= 0.3 is 0 Å². The molecule has 7 nitrogen and oxygen atoms in total. The Bertz CT molecular complexity index is 604. The first-order valence-electron chi connectivity index (χ1n) is 8.52. The van der Waals surface area contributed by atoms with E-state index in [0.29, 0.717) is 45.9 Å². The Morgan fingerprint density at radius 3 is 2.24 bits per heavy atom. The molecule has 1 aromatic rings. The molecule has 0 unspecified atom stereocenters. The molecule has 0 aliphatic carbocycles. The maximum atomic E-state index is 13.1. The highest BCUT2D eigenvalue weighted by atomic mass is 32.2. The molecule has 1 saturated heterocycles. The van der Waals surface area contributed by atoms with Crippen molar-refractivity contribution >= 4 is 10.2 Å². The van der Waals surface area contributed by atoms with Gasteiger partial charge in [0.2, 0.25) is 0 Å². The predicted molar refractivity (Wildman–Crippen MR) is 97.5 cm³/mol. The zero-order valence-corrected chi connectivity index (χ0v) is 15.8. The molecule has 0 radical (unpaired) electrons. The smallest absolute Gasteiger partial charge is 0.282 e. The fourth-order valence-corrected chi connectivity index (χ4v) is 4.89. The van der Waals surface area contributed by atoms with E-state index in [0.717, 1.165) is 5.56 Å². The second-order valence-corrected chi connectivity index (χ2v) is 8.15. The number of nitrogens with zero attached hydrogens (tertiary/aromatic N) is 2. The third-order valence-electron chi connectivity index (χ3n) is 4.68. The molecular weight excluding hydrogens is 342 g/mol. The van der Waals surface area contributed by atoms with E-state index in [-0.39, 0.29) is 11.8 Å². The molecule has 0 amide bonds. The van der Waals surface area contributed by atoms with Crippen LogP contribution in [0.2, 0.25) is 0 Å². The zero-order valence-electron chi connectivity index (χ0n) is 15.0. The number of nitrogens with two attached hydrogens (primary N) is 1. The largest absolute Gasteiger partial charge is 0.383 e. The van der Waals surface area contributed by atoms with Crippen molar-refractivity contribution in [3.05, 3.63) is 35.9 Å². The Hall–Kier alpha value is -1.03. The second-order valence-electron chi connectivity index (χ2n) is 6.22. The van der Waals surface area contributed by atoms with Crippen LogP contribution in [0.4, 0.5) is 0 Å². The molecule has 0 bridgehead atoms. The number of ether oxygens (including phenoxy) is 2. The van der Waals surface area contributed by atoms with Gasteiger partial charge in [-0.05, 0) is 18.0 Å². The van der Waals surface area contributed by atoms with E-state index >= 15 is 0 Å². The quantitative estimate of drug-likeness (QED) is 0.647. The second kappa shape index (κ2) is 9.61. The van der Waals surface area contributed by atoms with Gasteiger partial charge in [-0.2, -0.15) is 17.0 Å². The van der Waals surface area contributed by atoms with Gasteiger partial charge < -0.3 is 15.2 Å². The number of rotatable bonds is 10. The van der Waals surface area contributed by atoms with Crippen LogP contribution in [-0.2, 0) is 19.7 Å². The monoisotopic (exact) mass is 371 g/mol. The molecule has 25 heavy (non-hydrogen) atoms. The molecule has 0 spiro atoms. The van der Waals surface area contributed by atoms with E-state index in [2.05, 4.69) is 0 Å². The third kappa shape index (κ3) is 4.99. The molecule has 0 saturated carbocycles. The molecule has 2 rings (SSSR count). The Morgan fingerprint density at radius 1 is 1.12 bits per heavy atom. The van der Waals surface area contributed by atoms with E-state index in [9.17, 15) is 8.42 Å². The van der Waals surface area contributed by atoms with Crippen molar-refractivity contribution in [1.29, 1.82) is 0 Å². The maximum Gasteiger partial charge on any atom is 0.282 e. The topological polar surface area (TPSA) is 85.1 Å². The summed E-state index contributed by atoms with van der Waals surface area (Å²) >= 11 is 0. The summed E-state index contributed by atoms with van der Waals surface area (Å²) in [4.78, 5) is 0. The predicted octanol–water partition coefficient (Wildman–Crippen LogP) is 0.500. The van der Waals surface area contributed by atoms with Crippen LogP contribution in [0.15, 0.2) is 30.3 Å². The lowest BCUT2D eigenvalue weighted by Gasteiger charge is -2.27. The SMILES string of the molecule is COCCN(CCOC)S(=O)(=O)N1C[C@@H](CN)[C@H](c2ccccc2)C1. The van der Waals surface area contributed by atoms with Crippen LogP contribution in [0.25, 0.3) is 0 Å². The minimum atomic E-state index is -3.58. The summed E-state index contributed by atoms with van der Waals surface area (Å²) in [7, 11) is -0.453. The molecule has 1 aliphatic rings. The highest BCUT2D eigenvalue weighted by molar-refractivity contribution is 7.86. The molecule has 2 atom stereocenters. The van der Waals surface area contributed by atoms with Crippen molar-refractivity contribution < 1.29 is 17.9 Å². The van der Waals surface area contributed by atoms with Gasteiger partial charge in [-0.3, -0.25) is 0 Å². The summed E-state index contributed by atoms with van der Waals surface area (Å²) in [5, 5.41) is 0. The summed E-state index contributed by atoms with van der Waals surface area (Å²) in [6.07, 6.45) is 0. The lowest BCUT2D eigenvalue weighted by atomic mass is 9.89. The number of hydrogen-bond donors (Lipinski definition) is 1. The molecule has 1 fully saturated rings. The van der Waals surface area contributed by atoms with Crippen LogP contribution in [0.5, 0.6) is 0 Å². The van der Waals surface area contributed by atoms with E-state index in [4.69, 9.17) is 15.2 Å².